The summed E-state index contributed by atoms with van der Waals surface area (Å²) in [6.45, 7) is 7.26. The Morgan fingerprint density at radius 2 is 2.00 bits per heavy atom. The van der Waals surface area contributed by atoms with Gasteiger partial charge in [0.2, 0.25) is 0 Å². The van der Waals surface area contributed by atoms with Gasteiger partial charge in [-0.05, 0) is 39.0 Å². The molecule has 3 nitrogen and oxygen atoms in total. The zero-order chi connectivity index (χ0) is 13.5. The molecule has 0 aliphatic heterocycles. The van der Waals surface area contributed by atoms with E-state index >= 15 is 0 Å². The third kappa shape index (κ3) is 3.99. The first-order valence-corrected chi connectivity index (χ1v) is 7.51. The van der Waals surface area contributed by atoms with Gasteiger partial charge < -0.3 is 5.73 Å². The lowest BCUT2D eigenvalue weighted by molar-refractivity contribution is 0.526. The van der Waals surface area contributed by atoms with Crippen LogP contribution in [-0.4, -0.2) is 15.8 Å². The summed E-state index contributed by atoms with van der Waals surface area (Å²) in [5.41, 5.74) is 8.23. The van der Waals surface area contributed by atoms with Gasteiger partial charge in [-0.25, -0.2) is 0 Å². The van der Waals surface area contributed by atoms with E-state index in [-0.39, 0.29) is 0 Å². The predicted octanol–water partition coefficient (Wildman–Crippen LogP) is 3.57. The van der Waals surface area contributed by atoms with E-state index in [2.05, 4.69) is 25.9 Å². The zero-order valence-electron chi connectivity index (χ0n) is 11.9. The largest absolute Gasteiger partial charge is 0.328 e. The van der Waals surface area contributed by atoms with Crippen LogP contribution < -0.4 is 5.73 Å². The first kappa shape index (κ1) is 15.5. The topological polar surface area (TPSA) is 43.8 Å². The molecule has 4 heteroatoms. The highest BCUT2D eigenvalue weighted by Gasteiger charge is 2.14. The van der Waals surface area contributed by atoms with E-state index in [1.165, 1.54) is 5.69 Å². The average molecular weight is 272 g/mol. The van der Waals surface area contributed by atoms with Crippen molar-refractivity contribution >= 4 is 11.6 Å². The highest BCUT2D eigenvalue weighted by Crippen LogP contribution is 2.23. The van der Waals surface area contributed by atoms with Gasteiger partial charge in [0.25, 0.3) is 0 Å². The second-order valence-corrected chi connectivity index (χ2v) is 5.20. The Morgan fingerprint density at radius 3 is 2.56 bits per heavy atom. The molecule has 0 bridgehead atoms. The third-order valence-electron chi connectivity index (χ3n) is 3.34. The molecule has 1 heterocycles. The predicted molar refractivity (Wildman–Crippen MR) is 78.1 cm³/mol. The second kappa shape index (κ2) is 7.80. The molecule has 2 N–H and O–H groups in total. The zero-order valence-corrected chi connectivity index (χ0v) is 12.6. The van der Waals surface area contributed by atoms with Gasteiger partial charge in [0, 0.05) is 12.6 Å². The first-order chi connectivity index (χ1) is 8.63. The monoisotopic (exact) mass is 271 g/mol. The molecule has 0 amide bonds. The number of aryl methyl sites for hydroxylation is 2. The fraction of sp³-hybridized carbons (Fsp3) is 0.786. The number of nitrogens with two attached hydrogens (primary N) is 1. The minimum absolute atomic E-state index is 0.331. The van der Waals surface area contributed by atoms with Gasteiger partial charge in [-0.15, -0.1) is 0 Å². The lowest BCUT2D eigenvalue weighted by Crippen LogP contribution is -2.19. The summed E-state index contributed by atoms with van der Waals surface area (Å²) < 4.78 is 2.03. The molecule has 1 aromatic rings. The van der Waals surface area contributed by atoms with Crippen molar-refractivity contribution in [2.45, 2.75) is 71.9 Å². The van der Waals surface area contributed by atoms with Crippen LogP contribution in [0.5, 0.6) is 0 Å². The Bertz CT molecular complexity index is 360. The number of rotatable bonds is 8. The van der Waals surface area contributed by atoms with Gasteiger partial charge in [0.05, 0.1) is 16.4 Å². The van der Waals surface area contributed by atoms with E-state index in [1.807, 2.05) is 4.68 Å². The lowest BCUT2D eigenvalue weighted by atomic mass is 10.0. The maximum absolute atomic E-state index is 6.37. The van der Waals surface area contributed by atoms with E-state index in [0.717, 1.165) is 55.8 Å². The standard InChI is InChI=1S/C14H26ClN3/c1-4-8-11(16)9-7-10-13-14(15)12(5-2)17-18(13)6-3/h11H,4-10,16H2,1-3H3. The van der Waals surface area contributed by atoms with Crippen LogP contribution in [0.3, 0.4) is 0 Å². The van der Waals surface area contributed by atoms with E-state index in [0.29, 0.717) is 6.04 Å². The minimum atomic E-state index is 0.331. The molecule has 0 saturated heterocycles. The molecule has 18 heavy (non-hydrogen) atoms. The van der Waals surface area contributed by atoms with Gasteiger partial charge in [0.15, 0.2) is 0 Å². The molecule has 0 radical (unpaired) electrons. The first-order valence-electron chi connectivity index (χ1n) is 7.13. The van der Waals surface area contributed by atoms with Crippen LogP contribution >= 0.6 is 11.6 Å². The second-order valence-electron chi connectivity index (χ2n) is 4.82. The van der Waals surface area contributed by atoms with Crippen molar-refractivity contribution in [3.63, 3.8) is 0 Å². The maximum atomic E-state index is 6.37. The summed E-state index contributed by atoms with van der Waals surface area (Å²) in [5.74, 6) is 0. The van der Waals surface area contributed by atoms with Gasteiger partial charge in [0.1, 0.15) is 0 Å². The molecule has 0 saturated carbocycles. The van der Waals surface area contributed by atoms with E-state index in [9.17, 15) is 0 Å². The molecule has 1 unspecified atom stereocenters. The Kier molecular flexibility index (Phi) is 6.72. The van der Waals surface area contributed by atoms with E-state index < -0.39 is 0 Å². The lowest BCUT2D eigenvalue weighted by Gasteiger charge is -2.10. The normalized spacial score (nSPS) is 12.9. The van der Waals surface area contributed by atoms with Crippen LogP contribution in [-0.2, 0) is 19.4 Å². The summed E-state index contributed by atoms with van der Waals surface area (Å²) >= 11 is 6.37. The molecule has 104 valence electrons. The molecule has 1 atom stereocenters. The number of hydrogen-bond acceptors (Lipinski definition) is 2. The van der Waals surface area contributed by atoms with Gasteiger partial charge in [-0.3, -0.25) is 4.68 Å². The Morgan fingerprint density at radius 1 is 1.28 bits per heavy atom. The van der Waals surface area contributed by atoms with Crippen LogP contribution in [0.25, 0.3) is 0 Å². The summed E-state index contributed by atoms with van der Waals surface area (Å²) in [6.07, 6.45) is 6.32. The third-order valence-corrected chi connectivity index (χ3v) is 3.78. The van der Waals surface area contributed by atoms with Crippen LogP contribution in [0.2, 0.25) is 5.02 Å². The average Bonchev–Trinajstić information content (AvgIpc) is 2.66. The van der Waals surface area contributed by atoms with Crippen LogP contribution in [0.1, 0.15) is 57.8 Å². The van der Waals surface area contributed by atoms with Crippen molar-refractivity contribution in [3.05, 3.63) is 16.4 Å². The van der Waals surface area contributed by atoms with Crippen molar-refractivity contribution in [3.8, 4) is 0 Å². The van der Waals surface area contributed by atoms with Crippen molar-refractivity contribution in [2.75, 3.05) is 0 Å². The summed E-state index contributed by atoms with van der Waals surface area (Å²) in [4.78, 5) is 0. The highest BCUT2D eigenvalue weighted by molar-refractivity contribution is 6.31. The van der Waals surface area contributed by atoms with Crippen molar-refractivity contribution in [1.82, 2.24) is 9.78 Å². The Balaban J connectivity index is 2.58. The van der Waals surface area contributed by atoms with Crippen LogP contribution in [0, 0.1) is 0 Å². The molecule has 0 fully saturated rings. The molecule has 0 spiro atoms. The highest BCUT2D eigenvalue weighted by atomic mass is 35.5. The van der Waals surface area contributed by atoms with Crippen molar-refractivity contribution in [1.29, 1.82) is 0 Å². The van der Waals surface area contributed by atoms with Gasteiger partial charge in [-0.2, -0.15) is 5.10 Å². The molecule has 0 aromatic carbocycles. The fourth-order valence-electron chi connectivity index (χ4n) is 2.30. The van der Waals surface area contributed by atoms with E-state index in [1.54, 1.807) is 0 Å². The minimum Gasteiger partial charge on any atom is -0.328 e. The van der Waals surface area contributed by atoms with Gasteiger partial charge in [-0.1, -0.05) is 31.9 Å². The molecule has 0 aliphatic carbocycles. The quantitative estimate of drug-likeness (QED) is 0.786. The van der Waals surface area contributed by atoms with Crippen LogP contribution in [0.4, 0.5) is 0 Å². The van der Waals surface area contributed by atoms with Crippen molar-refractivity contribution < 1.29 is 0 Å². The molecular formula is C14H26ClN3. The molecule has 1 aromatic heterocycles. The molecule has 0 aliphatic rings. The SMILES string of the molecule is CCCC(N)CCCc1c(Cl)c(CC)nn1CC. The van der Waals surface area contributed by atoms with Crippen LogP contribution in [0.15, 0.2) is 0 Å². The maximum Gasteiger partial charge on any atom is 0.0849 e. The molecular weight excluding hydrogens is 246 g/mol. The molecule has 1 rings (SSSR count). The Hall–Kier alpha value is -0.540. The number of hydrogen-bond donors (Lipinski definition) is 1. The summed E-state index contributed by atoms with van der Waals surface area (Å²) in [5, 5.41) is 5.40. The number of aromatic nitrogens is 2. The van der Waals surface area contributed by atoms with Gasteiger partial charge >= 0.3 is 0 Å². The van der Waals surface area contributed by atoms with E-state index in [4.69, 9.17) is 17.3 Å². The summed E-state index contributed by atoms with van der Waals surface area (Å²) in [7, 11) is 0. The smallest absolute Gasteiger partial charge is 0.0849 e. The Labute approximate surface area is 116 Å². The van der Waals surface area contributed by atoms with Crippen molar-refractivity contribution in [2.24, 2.45) is 5.73 Å². The number of nitrogens with zero attached hydrogens (tertiary/aromatic N) is 2. The summed E-state index contributed by atoms with van der Waals surface area (Å²) in [6, 6.07) is 0.331. The fourth-order valence-corrected chi connectivity index (χ4v) is 2.67. The number of halogens is 1.